The lowest BCUT2D eigenvalue weighted by Crippen LogP contribution is -2.28. The van der Waals surface area contributed by atoms with E-state index in [0.717, 1.165) is 33.5 Å². The minimum atomic E-state index is -0.260. The van der Waals surface area contributed by atoms with Gasteiger partial charge in [0.15, 0.2) is 0 Å². The molecule has 136 valence electrons. The van der Waals surface area contributed by atoms with Crippen LogP contribution in [0.1, 0.15) is 34.9 Å². The second-order valence-corrected chi connectivity index (χ2v) is 6.99. The minimum absolute atomic E-state index is 0.0131. The number of aromatic nitrogens is 1. The van der Waals surface area contributed by atoms with Gasteiger partial charge in [0.2, 0.25) is 0 Å². The van der Waals surface area contributed by atoms with Gasteiger partial charge in [-0.05, 0) is 54.3 Å². The number of hydrogen-bond donors (Lipinski definition) is 2. The van der Waals surface area contributed by atoms with Gasteiger partial charge in [0.05, 0.1) is 19.8 Å². The smallest absolute Gasteiger partial charge is 0.257 e. The molecule has 0 saturated carbocycles. The Morgan fingerprint density at radius 1 is 1.27 bits per heavy atom. The van der Waals surface area contributed by atoms with Crippen LogP contribution in [0.2, 0.25) is 0 Å². The summed E-state index contributed by atoms with van der Waals surface area (Å²) in [6, 6.07) is 5.36. The fourth-order valence-corrected chi connectivity index (χ4v) is 3.77. The van der Waals surface area contributed by atoms with Gasteiger partial charge in [0.1, 0.15) is 5.82 Å². The summed E-state index contributed by atoms with van der Waals surface area (Å²) in [7, 11) is 0. The molecule has 0 radical (unpaired) electrons. The van der Waals surface area contributed by atoms with Crippen molar-refractivity contribution < 1.29 is 9.13 Å². The van der Waals surface area contributed by atoms with E-state index in [2.05, 4.69) is 5.32 Å². The maximum absolute atomic E-state index is 14.2. The van der Waals surface area contributed by atoms with Gasteiger partial charge in [-0.15, -0.1) is 0 Å². The van der Waals surface area contributed by atoms with E-state index in [0.29, 0.717) is 44.1 Å². The monoisotopic (exact) mass is 355 g/mol. The minimum Gasteiger partial charge on any atom is -0.379 e. The van der Waals surface area contributed by atoms with Crippen LogP contribution >= 0.6 is 0 Å². The number of nitrogens with zero attached hydrogens (tertiary/aromatic N) is 1. The Labute approximate surface area is 151 Å². The Morgan fingerprint density at radius 3 is 2.85 bits per heavy atom. The van der Waals surface area contributed by atoms with E-state index in [1.807, 2.05) is 19.1 Å². The molecule has 6 heteroatoms. The van der Waals surface area contributed by atoms with E-state index >= 15 is 0 Å². The average molecular weight is 355 g/mol. The number of pyridine rings is 1. The number of nitrogens with two attached hydrogens (primary N) is 1. The third-order valence-electron chi connectivity index (χ3n) is 5.28. The van der Waals surface area contributed by atoms with Crippen molar-refractivity contribution in [2.24, 2.45) is 5.73 Å². The predicted octanol–water partition coefficient (Wildman–Crippen LogP) is 2.68. The van der Waals surface area contributed by atoms with Gasteiger partial charge in [0.25, 0.3) is 5.56 Å². The molecule has 0 unspecified atom stereocenters. The van der Waals surface area contributed by atoms with Gasteiger partial charge in [-0.1, -0.05) is 0 Å². The highest BCUT2D eigenvalue weighted by Crippen LogP contribution is 2.31. The standard InChI is InChI=1S/C20H22FN3O2/c1-11-3-15-16(6-22)12(2)8-24-14(7-23-19(15)5-18(11)21)4-13-9-26-10-17(13)20(24)25/h3-5,23H,6-10,22H2,1-2H3/b16-12+. The number of allylic oxidation sites excluding steroid dienone is 1. The molecule has 5 nitrogen and oxygen atoms in total. The molecule has 1 aromatic heterocycles. The van der Waals surface area contributed by atoms with E-state index in [9.17, 15) is 9.18 Å². The second kappa shape index (κ2) is 6.37. The first-order valence-corrected chi connectivity index (χ1v) is 8.75. The van der Waals surface area contributed by atoms with Crippen molar-refractivity contribution in [3.05, 3.63) is 67.9 Å². The third kappa shape index (κ3) is 2.66. The Morgan fingerprint density at radius 2 is 2.08 bits per heavy atom. The Kier molecular flexibility index (Phi) is 4.17. The van der Waals surface area contributed by atoms with E-state index in [4.69, 9.17) is 10.5 Å². The topological polar surface area (TPSA) is 69.3 Å². The number of benzene rings is 1. The van der Waals surface area contributed by atoms with Crippen molar-refractivity contribution in [2.45, 2.75) is 40.2 Å². The number of halogens is 1. The fraction of sp³-hybridized carbons (Fsp3) is 0.350. The molecule has 2 aromatic rings. The van der Waals surface area contributed by atoms with E-state index in [1.54, 1.807) is 11.5 Å². The van der Waals surface area contributed by atoms with E-state index in [-0.39, 0.29) is 11.4 Å². The molecule has 2 aliphatic heterocycles. The van der Waals surface area contributed by atoms with Crippen molar-refractivity contribution in [2.75, 3.05) is 11.9 Å². The zero-order valence-electron chi connectivity index (χ0n) is 15.0. The van der Waals surface area contributed by atoms with Gasteiger partial charge in [0, 0.05) is 35.6 Å². The van der Waals surface area contributed by atoms with E-state index < -0.39 is 0 Å². The van der Waals surface area contributed by atoms with Gasteiger partial charge in [-0.25, -0.2) is 4.39 Å². The van der Waals surface area contributed by atoms with Crippen LogP contribution in [0.3, 0.4) is 0 Å². The molecule has 0 spiro atoms. The maximum Gasteiger partial charge on any atom is 0.257 e. The summed E-state index contributed by atoms with van der Waals surface area (Å²) in [6.45, 7) is 5.77. The lowest BCUT2D eigenvalue weighted by atomic mass is 9.96. The molecule has 3 heterocycles. The summed E-state index contributed by atoms with van der Waals surface area (Å²) >= 11 is 0. The van der Waals surface area contributed by atoms with Crippen LogP contribution in [0.4, 0.5) is 10.1 Å². The summed E-state index contributed by atoms with van der Waals surface area (Å²) in [6.07, 6.45) is 0. The van der Waals surface area contributed by atoms with Crippen LogP contribution in [0.5, 0.6) is 0 Å². The molecule has 0 amide bonds. The first kappa shape index (κ1) is 17.0. The average Bonchev–Trinajstić information content (AvgIpc) is 3.09. The second-order valence-electron chi connectivity index (χ2n) is 6.99. The molecule has 4 rings (SSSR count). The highest BCUT2D eigenvalue weighted by atomic mass is 19.1. The van der Waals surface area contributed by atoms with Crippen LogP contribution in [0.15, 0.2) is 28.6 Å². The summed E-state index contributed by atoms with van der Waals surface area (Å²) < 4.78 is 21.4. The molecule has 26 heavy (non-hydrogen) atoms. The van der Waals surface area contributed by atoms with E-state index in [1.165, 1.54) is 6.07 Å². The van der Waals surface area contributed by atoms with Crippen LogP contribution in [-0.2, 0) is 31.0 Å². The van der Waals surface area contributed by atoms with Crippen molar-refractivity contribution >= 4 is 11.3 Å². The Balaban J connectivity index is 1.93. The molecular weight excluding hydrogens is 333 g/mol. The SMILES string of the molecule is C/C1=C(/CN)c2cc(C)c(F)cc2NCc2cc3c(c(=O)n2C1)COC3. The number of aryl methyl sites for hydroxylation is 1. The van der Waals surface area contributed by atoms with Gasteiger partial charge in [-0.3, -0.25) is 4.79 Å². The normalized spacial score (nSPS) is 18.9. The number of ether oxygens (including phenoxy) is 1. The number of fused-ring (bicyclic) bond motifs is 3. The third-order valence-corrected chi connectivity index (χ3v) is 5.28. The lowest BCUT2D eigenvalue weighted by molar-refractivity contribution is 0.134. The van der Waals surface area contributed by atoms with Crippen LogP contribution in [0.25, 0.3) is 5.57 Å². The fourth-order valence-electron chi connectivity index (χ4n) is 3.77. The highest BCUT2D eigenvalue weighted by molar-refractivity contribution is 5.79. The molecule has 2 aliphatic rings. The summed E-state index contributed by atoms with van der Waals surface area (Å²) in [5.41, 5.74) is 12.7. The van der Waals surface area contributed by atoms with Crippen LogP contribution < -0.4 is 16.6 Å². The Bertz CT molecular complexity index is 992. The first-order chi connectivity index (χ1) is 12.5. The zero-order chi connectivity index (χ0) is 18.4. The number of hydrogen-bond acceptors (Lipinski definition) is 4. The first-order valence-electron chi connectivity index (χ1n) is 8.75. The van der Waals surface area contributed by atoms with Crippen LogP contribution in [-0.4, -0.2) is 11.1 Å². The predicted molar refractivity (Wildman–Crippen MR) is 99.3 cm³/mol. The molecule has 0 aliphatic carbocycles. The maximum atomic E-state index is 14.2. The van der Waals surface area contributed by atoms with Crippen LogP contribution in [0, 0.1) is 12.7 Å². The quantitative estimate of drug-likeness (QED) is 0.825. The highest BCUT2D eigenvalue weighted by Gasteiger charge is 2.22. The number of anilines is 1. The largest absolute Gasteiger partial charge is 0.379 e. The Hall–Kier alpha value is -2.44. The molecule has 1 aromatic carbocycles. The molecular formula is C20H22FN3O2. The van der Waals surface area contributed by atoms with Crippen molar-refractivity contribution in [3.8, 4) is 0 Å². The van der Waals surface area contributed by atoms with Gasteiger partial charge < -0.3 is 20.4 Å². The molecule has 0 bridgehead atoms. The molecule has 0 saturated heterocycles. The zero-order valence-corrected chi connectivity index (χ0v) is 15.0. The van der Waals surface area contributed by atoms with Gasteiger partial charge in [-0.2, -0.15) is 0 Å². The number of nitrogens with one attached hydrogen (secondary N) is 1. The summed E-state index contributed by atoms with van der Waals surface area (Å²) in [5.74, 6) is -0.260. The van der Waals surface area contributed by atoms with Gasteiger partial charge >= 0.3 is 0 Å². The summed E-state index contributed by atoms with van der Waals surface area (Å²) in [5, 5.41) is 3.30. The molecule has 0 atom stereocenters. The number of rotatable bonds is 1. The van der Waals surface area contributed by atoms with Crippen molar-refractivity contribution in [1.29, 1.82) is 0 Å². The molecule has 0 fully saturated rings. The molecule has 3 N–H and O–H groups in total. The van der Waals surface area contributed by atoms with Crippen molar-refractivity contribution in [1.82, 2.24) is 4.57 Å². The lowest BCUT2D eigenvalue weighted by Gasteiger charge is -2.16. The van der Waals surface area contributed by atoms with Crippen molar-refractivity contribution in [3.63, 3.8) is 0 Å². The summed E-state index contributed by atoms with van der Waals surface area (Å²) in [4.78, 5) is 12.9.